The van der Waals surface area contributed by atoms with Crippen LogP contribution in [0.15, 0.2) is 88.4 Å². The maximum Gasteiger partial charge on any atom is 0.262 e. The number of nitrogens with one attached hydrogen (secondary N) is 1. The molecule has 0 atom stereocenters. The molecule has 6 heteroatoms. The third-order valence-corrected chi connectivity index (χ3v) is 3.88. The first-order chi connectivity index (χ1) is 13.2. The lowest BCUT2D eigenvalue weighted by Gasteiger charge is -2.06. The number of fused-ring (bicyclic) bond motifs is 1. The van der Waals surface area contributed by atoms with Gasteiger partial charge in [-0.1, -0.05) is 36.4 Å². The normalized spacial score (nSPS) is 11.5. The number of nitrogens with zero attached hydrogens (tertiary/aromatic N) is 2. The van der Waals surface area contributed by atoms with E-state index >= 15 is 0 Å². The average molecular weight is 359 g/mol. The van der Waals surface area contributed by atoms with Crippen molar-refractivity contribution < 1.29 is 13.6 Å². The first kappa shape index (κ1) is 16.7. The molecule has 27 heavy (non-hydrogen) atoms. The van der Waals surface area contributed by atoms with Gasteiger partial charge in [0.15, 0.2) is 0 Å². The number of rotatable bonds is 3. The minimum absolute atomic E-state index is 0.0206. The number of carbonyl (C=O) groups is 1. The molecule has 0 saturated heterocycles. The molecule has 1 amide bonds. The second kappa shape index (κ2) is 7.21. The molecular weight excluding hydrogens is 345 g/mol. The molecule has 132 valence electrons. The summed E-state index contributed by atoms with van der Waals surface area (Å²) in [7, 11) is 0. The number of hydrogen-bond acceptors (Lipinski definition) is 4. The van der Waals surface area contributed by atoms with Gasteiger partial charge in [0.25, 0.3) is 5.91 Å². The van der Waals surface area contributed by atoms with Gasteiger partial charge in [-0.2, -0.15) is 0 Å². The van der Waals surface area contributed by atoms with Crippen LogP contribution in [0.5, 0.6) is 0 Å². The Morgan fingerprint density at radius 2 is 1.78 bits per heavy atom. The first-order valence-electron chi connectivity index (χ1n) is 8.25. The summed E-state index contributed by atoms with van der Waals surface area (Å²) >= 11 is 0. The number of carbonyl (C=O) groups excluding carboxylic acids is 1. The summed E-state index contributed by atoms with van der Waals surface area (Å²) in [6, 6.07) is 20.1. The third-order valence-electron chi connectivity index (χ3n) is 3.88. The SMILES string of the molecule is O=C(Nc1ccccn1)c1cc2ccccc2oc1=Nc1ccccc1F. The monoisotopic (exact) mass is 359 g/mol. The zero-order chi connectivity index (χ0) is 18.6. The van der Waals surface area contributed by atoms with Crippen molar-refractivity contribution in [2.24, 2.45) is 4.99 Å². The number of para-hydroxylation sites is 2. The molecule has 0 aliphatic carbocycles. The van der Waals surface area contributed by atoms with Gasteiger partial charge in [0, 0.05) is 11.6 Å². The number of hydrogen-bond donors (Lipinski definition) is 1. The van der Waals surface area contributed by atoms with E-state index in [1.807, 2.05) is 18.2 Å². The van der Waals surface area contributed by atoms with Gasteiger partial charge in [0.05, 0.1) is 0 Å². The Labute approximate surface area is 153 Å². The molecule has 1 N–H and O–H groups in total. The second-order valence-electron chi connectivity index (χ2n) is 5.74. The molecule has 0 bridgehead atoms. The fourth-order valence-corrected chi connectivity index (χ4v) is 2.59. The smallest absolute Gasteiger partial charge is 0.262 e. The predicted octanol–water partition coefficient (Wildman–Crippen LogP) is 4.45. The molecule has 0 spiro atoms. The van der Waals surface area contributed by atoms with Crippen molar-refractivity contribution in [2.75, 3.05) is 5.32 Å². The van der Waals surface area contributed by atoms with Crippen molar-refractivity contribution in [3.05, 3.63) is 95.9 Å². The lowest BCUT2D eigenvalue weighted by atomic mass is 10.1. The van der Waals surface area contributed by atoms with Crippen LogP contribution in [0.25, 0.3) is 11.0 Å². The van der Waals surface area contributed by atoms with Gasteiger partial charge in [-0.15, -0.1) is 0 Å². The molecule has 0 unspecified atom stereocenters. The van der Waals surface area contributed by atoms with Crippen LogP contribution in [-0.4, -0.2) is 10.9 Å². The summed E-state index contributed by atoms with van der Waals surface area (Å²) in [5.74, 6) is -0.553. The highest BCUT2D eigenvalue weighted by Crippen LogP contribution is 2.18. The maximum absolute atomic E-state index is 14.0. The molecule has 4 aromatic rings. The van der Waals surface area contributed by atoms with E-state index in [1.165, 1.54) is 12.1 Å². The van der Waals surface area contributed by atoms with Crippen molar-refractivity contribution >= 4 is 28.4 Å². The van der Waals surface area contributed by atoms with E-state index in [9.17, 15) is 9.18 Å². The van der Waals surface area contributed by atoms with Crippen LogP contribution in [0.3, 0.4) is 0 Å². The van der Waals surface area contributed by atoms with Crippen LogP contribution in [0.2, 0.25) is 0 Å². The van der Waals surface area contributed by atoms with Crippen LogP contribution in [0, 0.1) is 5.82 Å². The summed E-state index contributed by atoms with van der Waals surface area (Å²) in [4.78, 5) is 21.1. The lowest BCUT2D eigenvalue weighted by molar-refractivity contribution is 0.102. The van der Waals surface area contributed by atoms with E-state index in [-0.39, 0.29) is 16.8 Å². The summed E-state index contributed by atoms with van der Waals surface area (Å²) in [5.41, 5.74) is 0.834. The number of anilines is 1. The van der Waals surface area contributed by atoms with Gasteiger partial charge in [-0.25, -0.2) is 14.4 Å². The van der Waals surface area contributed by atoms with Crippen LogP contribution in [0.1, 0.15) is 10.4 Å². The Kier molecular flexibility index (Phi) is 4.45. The van der Waals surface area contributed by atoms with E-state index < -0.39 is 11.7 Å². The Morgan fingerprint density at radius 1 is 1.00 bits per heavy atom. The van der Waals surface area contributed by atoms with Gasteiger partial charge >= 0.3 is 0 Å². The molecule has 0 fully saturated rings. The fraction of sp³-hybridized carbons (Fsp3) is 0. The highest BCUT2D eigenvalue weighted by atomic mass is 19.1. The van der Waals surface area contributed by atoms with Crippen molar-refractivity contribution in [2.45, 2.75) is 0 Å². The molecule has 5 nitrogen and oxygen atoms in total. The van der Waals surface area contributed by atoms with Gasteiger partial charge in [-0.3, -0.25) is 4.79 Å². The Bertz CT molecular complexity index is 1190. The van der Waals surface area contributed by atoms with Crippen molar-refractivity contribution in [3.8, 4) is 0 Å². The van der Waals surface area contributed by atoms with E-state index in [0.29, 0.717) is 11.4 Å². The minimum atomic E-state index is -0.503. The molecule has 0 aliphatic rings. The van der Waals surface area contributed by atoms with Crippen LogP contribution in [-0.2, 0) is 0 Å². The molecule has 0 saturated carbocycles. The van der Waals surface area contributed by atoms with Gasteiger partial charge in [0.1, 0.15) is 28.5 Å². The molecule has 2 aromatic heterocycles. The molecule has 0 radical (unpaired) electrons. The lowest BCUT2D eigenvalue weighted by Crippen LogP contribution is -2.22. The van der Waals surface area contributed by atoms with Gasteiger partial charge in [-0.05, 0) is 36.4 Å². The van der Waals surface area contributed by atoms with Gasteiger partial charge < -0.3 is 9.73 Å². The van der Waals surface area contributed by atoms with E-state index in [1.54, 1.807) is 48.7 Å². The molecular formula is C21H14FN3O2. The van der Waals surface area contributed by atoms with Crippen LogP contribution in [0.4, 0.5) is 15.9 Å². The van der Waals surface area contributed by atoms with E-state index in [0.717, 1.165) is 5.39 Å². The second-order valence-corrected chi connectivity index (χ2v) is 5.74. The van der Waals surface area contributed by atoms with E-state index in [2.05, 4.69) is 15.3 Å². The highest BCUT2D eigenvalue weighted by molar-refractivity contribution is 6.04. The largest absolute Gasteiger partial charge is 0.438 e. The molecule has 0 aliphatic heterocycles. The van der Waals surface area contributed by atoms with Crippen molar-refractivity contribution in [1.29, 1.82) is 0 Å². The van der Waals surface area contributed by atoms with Crippen LogP contribution < -0.4 is 10.9 Å². The number of pyridine rings is 1. The topological polar surface area (TPSA) is 67.5 Å². The fourth-order valence-electron chi connectivity index (χ4n) is 2.59. The number of benzene rings is 2. The molecule has 2 aromatic carbocycles. The summed E-state index contributed by atoms with van der Waals surface area (Å²) in [6.45, 7) is 0. The maximum atomic E-state index is 14.0. The summed E-state index contributed by atoms with van der Waals surface area (Å²) < 4.78 is 19.8. The number of halogens is 1. The summed E-state index contributed by atoms with van der Waals surface area (Å²) in [6.07, 6.45) is 1.57. The molecule has 2 heterocycles. The molecule has 4 rings (SSSR count). The zero-order valence-electron chi connectivity index (χ0n) is 14.1. The standard InChI is InChI=1S/C21H14FN3O2/c22-16-8-2-3-9-17(16)24-21-15(13-14-7-1-4-10-18(14)27-21)20(26)25-19-11-5-6-12-23-19/h1-13H,(H,23,25,26). The Morgan fingerprint density at radius 3 is 2.59 bits per heavy atom. The van der Waals surface area contributed by atoms with Crippen molar-refractivity contribution in [1.82, 2.24) is 4.98 Å². The first-order valence-corrected chi connectivity index (χ1v) is 8.25. The minimum Gasteiger partial charge on any atom is -0.438 e. The predicted molar refractivity (Wildman–Crippen MR) is 100 cm³/mol. The third kappa shape index (κ3) is 3.59. The quantitative estimate of drug-likeness (QED) is 0.587. The Hall–Kier alpha value is -3.80. The Balaban J connectivity index is 1.87. The average Bonchev–Trinajstić information content (AvgIpc) is 2.70. The van der Waals surface area contributed by atoms with Crippen molar-refractivity contribution in [3.63, 3.8) is 0 Å². The number of amides is 1. The zero-order valence-corrected chi connectivity index (χ0v) is 14.1. The van der Waals surface area contributed by atoms with E-state index in [4.69, 9.17) is 4.42 Å². The van der Waals surface area contributed by atoms with Crippen LogP contribution >= 0.6 is 0 Å². The highest BCUT2D eigenvalue weighted by Gasteiger charge is 2.14. The number of aromatic nitrogens is 1. The van der Waals surface area contributed by atoms with Gasteiger partial charge in [0.2, 0.25) is 5.55 Å². The summed E-state index contributed by atoms with van der Waals surface area (Å²) in [5, 5.41) is 3.43.